The Kier molecular flexibility index (Phi) is 22.7. The highest BCUT2D eigenvalue weighted by Gasteiger charge is 2.53. The third kappa shape index (κ3) is 14.8. The molecule has 3 aliphatic rings. The van der Waals surface area contributed by atoms with Crippen LogP contribution in [0.4, 0.5) is 0 Å². The quantitative estimate of drug-likeness (QED) is 0.0615. The highest BCUT2D eigenvalue weighted by atomic mass is 35.5. The summed E-state index contributed by atoms with van der Waals surface area (Å²) in [5.74, 6) is -6.28. The summed E-state index contributed by atoms with van der Waals surface area (Å²) in [6.07, 6.45) is -6.44. The summed E-state index contributed by atoms with van der Waals surface area (Å²) in [4.78, 5) is 40.5. The number of phenols is 2. The molecule has 15 atom stereocenters. The van der Waals surface area contributed by atoms with Crippen molar-refractivity contribution in [1.29, 1.82) is 0 Å². The molecule has 20 heteroatoms. The first kappa shape index (κ1) is 61.8. The number of phenolic OH excluding ortho intramolecular Hbond substituents is 2. The molecule has 8 N–H and O–H groups in total. The third-order valence-corrected chi connectivity index (χ3v) is 14.3. The van der Waals surface area contributed by atoms with Crippen molar-refractivity contribution in [3.63, 3.8) is 0 Å². The number of esters is 2. The molecule has 2 fully saturated rings. The highest BCUT2D eigenvalue weighted by molar-refractivity contribution is 6.39. The number of ether oxygens (including phenoxy) is 7. The molecule has 1 aromatic carbocycles. The molecular formula is C53H76Cl2O18. The molecule has 0 saturated carbocycles. The number of methoxy groups -OCH3 is 1. The van der Waals surface area contributed by atoms with Gasteiger partial charge in [0, 0.05) is 25.4 Å². The van der Waals surface area contributed by atoms with Crippen LogP contribution in [0.5, 0.6) is 11.5 Å². The molecular weight excluding hydrogens is 995 g/mol. The molecule has 73 heavy (non-hydrogen) atoms. The van der Waals surface area contributed by atoms with Crippen LogP contribution in [0, 0.1) is 17.8 Å². The number of carbonyl (C=O) groups is 3. The third-order valence-electron chi connectivity index (χ3n) is 13.6. The van der Waals surface area contributed by atoms with E-state index in [0.29, 0.717) is 23.1 Å². The Hall–Kier alpha value is -3.73. The van der Waals surface area contributed by atoms with E-state index in [4.69, 9.17) is 56.4 Å². The predicted octanol–water partition coefficient (Wildman–Crippen LogP) is 5.87. The molecule has 0 aromatic heterocycles. The summed E-state index contributed by atoms with van der Waals surface area (Å²) in [6, 6.07) is 0. The summed E-state index contributed by atoms with van der Waals surface area (Å²) in [5, 5.41) is 88.2. The Bertz CT molecular complexity index is 2250. The zero-order valence-electron chi connectivity index (χ0n) is 43.7. The van der Waals surface area contributed by atoms with E-state index in [9.17, 15) is 55.2 Å². The summed E-state index contributed by atoms with van der Waals surface area (Å²) in [7, 11) is 1.24. The van der Waals surface area contributed by atoms with Gasteiger partial charge >= 0.3 is 11.9 Å². The van der Waals surface area contributed by atoms with E-state index in [1.807, 2.05) is 26.0 Å². The van der Waals surface area contributed by atoms with E-state index in [2.05, 4.69) is 0 Å². The van der Waals surface area contributed by atoms with Gasteiger partial charge < -0.3 is 74.0 Å². The number of allylic oxidation sites excluding steroid dienone is 4. The maximum Gasteiger partial charge on any atom is 0.336 e. The van der Waals surface area contributed by atoms with Crippen molar-refractivity contribution in [2.75, 3.05) is 13.7 Å². The molecule has 0 radical (unpaired) electrons. The van der Waals surface area contributed by atoms with Gasteiger partial charge in [-0.25, -0.2) is 4.79 Å². The van der Waals surface area contributed by atoms with Crippen molar-refractivity contribution in [3.05, 3.63) is 79.9 Å². The van der Waals surface area contributed by atoms with Gasteiger partial charge in [0.1, 0.15) is 41.3 Å². The van der Waals surface area contributed by atoms with Gasteiger partial charge in [-0.3, -0.25) is 9.59 Å². The minimum absolute atomic E-state index is 0.0213. The van der Waals surface area contributed by atoms with E-state index >= 15 is 0 Å². The van der Waals surface area contributed by atoms with Crippen molar-refractivity contribution in [2.45, 2.75) is 187 Å². The Morgan fingerprint density at radius 2 is 1.58 bits per heavy atom. The summed E-state index contributed by atoms with van der Waals surface area (Å²) < 4.78 is 41.9. The van der Waals surface area contributed by atoms with Gasteiger partial charge in [-0.1, -0.05) is 86.9 Å². The fourth-order valence-corrected chi connectivity index (χ4v) is 9.59. The molecule has 0 amide bonds. The van der Waals surface area contributed by atoms with Crippen LogP contribution in [0.3, 0.4) is 0 Å². The first-order chi connectivity index (χ1) is 34.1. The summed E-state index contributed by atoms with van der Waals surface area (Å²) in [5.41, 5.74) is 0.168. The Morgan fingerprint density at radius 3 is 2.16 bits per heavy atom. The lowest BCUT2D eigenvalue weighted by Gasteiger charge is -2.47. The number of ketones is 1. The number of Topliss-reactive ketones (excluding diaryl/α,β-unsaturated/α-hetero) is 1. The number of carbonyl (C=O) groups excluding carboxylic acids is 3. The van der Waals surface area contributed by atoms with Crippen molar-refractivity contribution >= 4 is 40.9 Å². The molecule has 1 aromatic rings. The average Bonchev–Trinajstić information content (AvgIpc) is 3.33. The van der Waals surface area contributed by atoms with Gasteiger partial charge in [0.15, 0.2) is 30.2 Å². The molecule has 3 heterocycles. The van der Waals surface area contributed by atoms with Crippen molar-refractivity contribution < 1.29 is 88.4 Å². The SMILES string of the molecule is CCc1c(Cl)c(O)c(Cl)c(O)c1C(=O)C(O)C1C(C)OC(OCC2=CC=CCC(O)C(C)=CC(CC)C(OC3OC(C)(C)C(O)C(OC(=O)C(C)C)C3O)C(C)=CC(C)=CCC(C(C)O)OC2=O)C(OC)C1O. The molecule has 0 bridgehead atoms. The van der Waals surface area contributed by atoms with Crippen LogP contribution in [-0.4, -0.2) is 158 Å². The largest absolute Gasteiger partial charge is 0.505 e. The van der Waals surface area contributed by atoms with Crippen LogP contribution in [-0.2, 0) is 49.2 Å². The minimum Gasteiger partial charge on any atom is -0.505 e. The van der Waals surface area contributed by atoms with E-state index in [0.717, 1.165) is 0 Å². The first-order valence-electron chi connectivity index (χ1n) is 24.6. The first-order valence-corrected chi connectivity index (χ1v) is 25.4. The maximum atomic E-state index is 14.0. The molecule has 2 saturated heterocycles. The standard InChI is InChI=1S/C53H76Cl2O18/c1-13-30-22-26(6)33(57)18-16-15-17-31(23-68-52-47(67-12)42(61)35(29(9)69-52)40(59)41(60)36-32(14-2)37(54)43(62)38(55)39(36)58)50(66)70-34(28(8)56)20-19-25(5)21-27(7)45(30)72-51-44(63)46(71-49(65)24(3)4)48(64)53(10,11)73-51/h15-17,19,21-22,24,28-30,33-35,40,42,44-48,51-52,56-59,61-64H,13-14,18,20,23H2,1-12H3. The van der Waals surface area contributed by atoms with E-state index in [1.54, 1.807) is 60.6 Å². The van der Waals surface area contributed by atoms with Crippen molar-refractivity contribution in [1.82, 2.24) is 0 Å². The van der Waals surface area contributed by atoms with Crippen molar-refractivity contribution in [2.24, 2.45) is 17.8 Å². The van der Waals surface area contributed by atoms with Crippen molar-refractivity contribution in [3.8, 4) is 11.5 Å². The zero-order valence-corrected chi connectivity index (χ0v) is 45.2. The van der Waals surface area contributed by atoms with E-state index < -0.39 is 149 Å². The number of aliphatic hydroxyl groups is 6. The van der Waals surface area contributed by atoms with Gasteiger partial charge in [0.2, 0.25) is 0 Å². The number of benzene rings is 1. The number of hydrogen-bond donors (Lipinski definition) is 8. The molecule has 18 nitrogen and oxygen atoms in total. The number of aromatic hydroxyl groups is 2. The fraction of sp³-hybridized carbons (Fsp3) is 0.642. The lowest BCUT2D eigenvalue weighted by molar-refractivity contribution is -0.333. The number of aliphatic hydroxyl groups excluding tert-OH is 6. The Morgan fingerprint density at radius 1 is 0.918 bits per heavy atom. The molecule has 0 spiro atoms. The van der Waals surface area contributed by atoms with Crippen LogP contribution >= 0.6 is 23.2 Å². The minimum atomic E-state index is -2.00. The smallest absolute Gasteiger partial charge is 0.336 e. The normalized spacial score (nSPS) is 31.7. The second-order valence-corrected chi connectivity index (χ2v) is 20.6. The predicted molar refractivity (Wildman–Crippen MR) is 270 cm³/mol. The van der Waals surface area contributed by atoms with Gasteiger partial charge in [0.25, 0.3) is 0 Å². The summed E-state index contributed by atoms with van der Waals surface area (Å²) in [6.45, 7) is 17.9. The zero-order chi connectivity index (χ0) is 55.0. The molecule has 15 unspecified atom stereocenters. The van der Waals surface area contributed by atoms with E-state index in [-0.39, 0.29) is 35.4 Å². The molecule has 3 aliphatic heterocycles. The second kappa shape index (κ2) is 26.8. The highest BCUT2D eigenvalue weighted by Crippen LogP contribution is 2.46. The Balaban J connectivity index is 1.64. The number of cyclic esters (lactones) is 1. The van der Waals surface area contributed by atoms with Gasteiger partial charge in [-0.15, -0.1) is 0 Å². The lowest BCUT2D eigenvalue weighted by atomic mass is 9.81. The lowest BCUT2D eigenvalue weighted by Crippen LogP contribution is -2.64. The van der Waals surface area contributed by atoms with Crippen LogP contribution in [0.15, 0.2) is 58.7 Å². The van der Waals surface area contributed by atoms with Gasteiger partial charge in [0.05, 0.1) is 64.8 Å². The fourth-order valence-electron chi connectivity index (χ4n) is 9.03. The number of hydrogen-bond acceptors (Lipinski definition) is 18. The Labute approximate surface area is 437 Å². The second-order valence-electron chi connectivity index (χ2n) is 19.9. The number of rotatable bonds is 14. The van der Waals surface area contributed by atoms with E-state index in [1.165, 1.54) is 33.1 Å². The average molecular weight is 1070 g/mol. The van der Waals surface area contributed by atoms with Crippen LogP contribution in [0.1, 0.15) is 111 Å². The molecule has 0 aliphatic carbocycles. The van der Waals surface area contributed by atoms with Crippen LogP contribution in [0.25, 0.3) is 0 Å². The summed E-state index contributed by atoms with van der Waals surface area (Å²) >= 11 is 12.3. The van der Waals surface area contributed by atoms with Gasteiger partial charge in [-0.2, -0.15) is 0 Å². The maximum absolute atomic E-state index is 14.0. The molecule has 4 rings (SSSR count). The van der Waals surface area contributed by atoms with Crippen LogP contribution < -0.4 is 0 Å². The van der Waals surface area contributed by atoms with Gasteiger partial charge in [-0.05, 0) is 90.5 Å². The van der Waals surface area contributed by atoms with Crippen LogP contribution in [0.2, 0.25) is 10.0 Å². The molecule has 410 valence electrons. The monoisotopic (exact) mass is 1070 g/mol. The topological polar surface area (TPSA) is 278 Å². The number of halogens is 2.